The Bertz CT molecular complexity index is 370. The Morgan fingerprint density at radius 3 is 2.72 bits per heavy atom. The van der Waals surface area contributed by atoms with Crippen LogP contribution in [0.5, 0.6) is 0 Å². The molecule has 100 valence electrons. The van der Waals surface area contributed by atoms with Gasteiger partial charge in [0, 0.05) is 38.1 Å². The van der Waals surface area contributed by atoms with Gasteiger partial charge in [-0.25, -0.2) is 0 Å². The van der Waals surface area contributed by atoms with Gasteiger partial charge in [-0.05, 0) is 32.0 Å². The second kappa shape index (κ2) is 6.02. The fourth-order valence-electron chi connectivity index (χ4n) is 2.41. The molecule has 0 radical (unpaired) electrons. The highest BCUT2D eigenvalue weighted by molar-refractivity contribution is 5.73. The molecular formula is C13H21N3O2. The van der Waals surface area contributed by atoms with E-state index >= 15 is 0 Å². The number of aryl methyl sites for hydroxylation is 1. The zero-order valence-electron chi connectivity index (χ0n) is 10.8. The van der Waals surface area contributed by atoms with Crippen LogP contribution in [-0.4, -0.2) is 65.1 Å². The van der Waals surface area contributed by atoms with Crippen molar-refractivity contribution in [3.63, 3.8) is 0 Å². The highest BCUT2D eigenvalue weighted by atomic mass is 16.4. The summed E-state index contributed by atoms with van der Waals surface area (Å²) in [5.41, 5.74) is 1.11. The lowest BCUT2D eigenvalue weighted by atomic mass is 10.1. The zero-order chi connectivity index (χ0) is 13.0. The largest absolute Gasteiger partial charge is 0.480 e. The molecule has 0 spiro atoms. The van der Waals surface area contributed by atoms with Gasteiger partial charge in [-0.2, -0.15) is 0 Å². The number of likely N-dealkylation sites (N-methyl/N-ethyl adjacent to an activating group) is 1. The van der Waals surface area contributed by atoms with E-state index in [1.165, 1.54) is 0 Å². The predicted octanol–water partition coefficient (Wildman–Crippen LogP) is 0.648. The van der Waals surface area contributed by atoms with Gasteiger partial charge in [0.25, 0.3) is 0 Å². The van der Waals surface area contributed by atoms with Crippen LogP contribution in [0.4, 0.5) is 0 Å². The summed E-state index contributed by atoms with van der Waals surface area (Å²) < 4.78 is 0. The van der Waals surface area contributed by atoms with Gasteiger partial charge in [-0.1, -0.05) is 0 Å². The van der Waals surface area contributed by atoms with Gasteiger partial charge in [0.2, 0.25) is 0 Å². The molecule has 2 N–H and O–H groups in total. The van der Waals surface area contributed by atoms with E-state index in [1.807, 2.05) is 18.3 Å². The van der Waals surface area contributed by atoms with Crippen molar-refractivity contribution in [3.8, 4) is 0 Å². The van der Waals surface area contributed by atoms with Gasteiger partial charge >= 0.3 is 5.97 Å². The molecule has 1 atom stereocenters. The van der Waals surface area contributed by atoms with Gasteiger partial charge in [0.05, 0.1) is 0 Å². The van der Waals surface area contributed by atoms with Crippen molar-refractivity contribution < 1.29 is 9.90 Å². The molecule has 18 heavy (non-hydrogen) atoms. The SMILES string of the molecule is CN1CCN(C(CCc2ccc[nH]2)C(=O)O)CC1. The average Bonchev–Trinajstić information content (AvgIpc) is 2.84. The Hall–Kier alpha value is -1.33. The molecule has 2 rings (SSSR count). The van der Waals surface area contributed by atoms with Crippen LogP contribution in [0.2, 0.25) is 0 Å². The molecule has 1 saturated heterocycles. The maximum atomic E-state index is 11.4. The van der Waals surface area contributed by atoms with Gasteiger partial charge in [0.15, 0.2) is 0 Å². The maximum absolute atomic E-state index is 11.4. The van der Waals surface area contributed by atoms with E-state index in [0.717, 1.165) is 38.3 Å². The number of carboxylic acid groups (broad SMARTS) is 1. The fourth-order valence-corrected chi connectivity index (χ4v) is 2.41. The monoisotopic (exact) mass is 251 g/mol. The van der Waals surface area contributed by atoms with Crippen LogP contribution < -0.4 is 0 Å². The van der Waals surface area contributed by atoms with Crippen molar-refractivity contribution in [2.75, 3.05) is 33.2 Å². The molecule has 1 aliphatic rings. The Morgan fingerprint density at radius 2 is 2.17 bits per heavy atom. The van der Waals surface area contributed by atoms with E-state index in [-0.39, 0.29) is 6.04 Å². The molecule has 1 fully saturated rings. The lowest BCUT2D eigenvalue weighted by Crippen LogP contribution is -2.51. The van der Waals surface area contributed by atoms with Crippen LogP contribution in [0, 0.1) is 0 Å². The van der Waals surface area contributed by atoms with Crippen molar-refractivity contribution in [1.82, 2.24) is 14.8 Å². The Balaban J connectivity index is 1.89. The van der Waals surface area contributed by atoms with E-state index in [0.29, 0.717) is 6.42 Å². The summed E-state index contributed by atoms with van der Waals surface area (Å²) in [5.74, 6) is -0.703. The molecule has 0 aromatic carbocycles. The summed E-state index contributed by atoms with van der Waals surface area (Å²) in [6.45, 7) is 3.59. The highest BCUT2D eigenvalue weighted by Gasteiger charge is 2.27. The highest BCUT2D eigenvalue weighted by Crippen LogP contribution is 2.12. The first-order valence-corrected chi connectivity index (χ1v) is 6.44. The Kier molecular flexibility index (Phi) is 4.38. The predicted molar refractivity (Wildman–Crippen MR) is 69.6 cm³/mol. The van der Waals surface area contributed by atoms with Crippen LogP contribution in [0.3, 0.4) is 0 Å². The second-order valence-corrected chi connectivity index (χ2v) is 4.93. The molecule has 2 heterocycles. The van der Waals surface area contributed by atoms with E-state index in [4.69, 9.17) is 0 Å². The summed E-state index contributed by atoms with van der Waals surface area (Å²) in [4.78, 5) is 18.8. The fraction of sp³-hybridized carbons (Fsp3) is 0.615. The van der Waals surface area contributed by atoms with Crippen LogP contribution >= 0.6 is 0 Å². The minimum absolute atomic E-state index is 0.359. The lowest BCUT2D eigenvalue weighted by molar-refractivity contribution is -0.144. The summed E-state index contributed by atoms with van der Waals surface area (Å²) >= 11 is 0. The van der Waals surface area contributed by atoms with Crippen molar-refractivity contribution in [3.05, 3.63) is 24.0 Å². The van der Waals surface area contributed by atoms with Crippen LogP contribution in [0.15, 0.2) is 18.3 Å². The third kappa shape index (κ3) is 3.34. The molecule has 1 aromatic rings. The number of hydrogen-bond donors (Lipinski definition) is 2. The topological polar surface area (TPSA) is 59.6 Å². The number of carboxylic acids is 1. The second-order valence-electron chi connectivity index (χ2n) is 4.93. The van der Waals surface area contributed by atoms with Crippen molar-refractivity contribution in [2.45, 2.75) is 18.9 Å². The number of hydrogen-bond acceptors (Lipinski definition) is 3. The Labute approximate surface area is 107 Å². The third-order valence-corrected chi connectivity index (χ3v) is 3.61. The number of aromatic nitrogens is 1. The first-order chi connectivity index (χ1) is 8.66. The standard InChI is InChI=1S/C13H21N3O2/c1-15-7-9-16(10-8-15)12(13(17)18)5-4-11-3-2-6-14-11/h2-3,6,12,14H,4-5,7-10H2,1H3,(H,17,18). The summed E-state index contributed by atoms with van der Waals surface area (Å²) in [6.07, 6.45) is 3.33. The minimum atomic E-state index is -0.703. The van der Waals surface area contributed by atoms with Crippen LogP contribution in [0.25, 0.3) is 0 Å². The minimum Gasteiger partial charge on any atom is -0.480 e. The van der Waals surface area contributed by atoms with Crippen LogP contribution in [-0.2, 0) is 11.2 Å². The van der Waals surface area contributed by atoms with Gasteiger partial charge in [0.1, 0.15) is 6.04 Å². The number of aromatic amines is 1. The number of carbonyl (C=O) groups is 1. The molecule has 1 aromatic heterocycles. The molecule has 0 bridgehead atoms. The molecule has 0 saturated carbocycles. The zero-order valence-corrected chi connectivity index (χ0v) is 10.8. The van der Waals surface area contributed by atoms with Crippen molar-refractivity contribution >= 4 is 5.97 Å². The molecule has 1 aliphatic heterocycles. The lowest BCUT2D eigenvalue weighted by Gasteiger charge is -2.36. The normalized spacial score (nSPS) is 19.8. The Morgan fingerprint density at radius 1 is 1.44 bits per heavy atom. The molecule has 1 unspecified atom stereocenters. The summed E-state index contributed by atoms with van der Waals surface area (Å²) in [6, 6.07) is 3.59. The maximum Gasteiger partial charge on any atom is 0.320 e. The van der Waals surface area contributed by atoms with E-state index in [1.54, 1.807) is 0 Å². The smallest absolute Gasteiger partial charge is 0.320 e. The first kappa shape index (κ1) is 13.1. The average molecular weight is 251 g/mol. The van der Waals surface area contributed by atoms with Gasteiger partial charge < -0.3 is 15.0 Å². The molecule has 5 heteroatoms. The molecule has 0 amide bonds. The van der Waals surface area contributed by atoms with E-state index in [2.05, 4.69) is 21.8 Å². The number of nitrogens with zero attached hydrogens (tertiary/aromatic N) is 2. The summed E-state index contributed by atoms with van der Waals surface area (Å²) in [5, 5.41) is 9.35. The van der Waals surface area contributed by atoms with Crippen molar-refractivity contribution in [1.29, 1.82) is 0 Å². The molecular weight excluding hydrogens is 230 g/mol. The number of rotatable bonds is 5. The van der Waals surface area contributed by atoms with E-state index < -0.39 is 5.97 Å². The molecule has 5 nitrogen and oxygen atoms in total. The number of piperazine rings is 1. The van der Waals surface area contributed by atoms with Crippen molar-refractivity contribution in [2.24, 2.45) is 0 Å². The quantitative estimate of drug-likeness (QED) is 0.806. The van der Waals surface area contributed by atoms with Crippen LogP contribution in [0.1, 0.15) is 12.1 Å². The summed E-state index contributed by atoms with van der Waals surface area (Å²) in [7, 11) is 2.08. The third-order valence-electron chi connectivity index (χ3n) is 3.61. The number of aliphatic carboxylic acids is 1. The first-order valence-electron chi connectivity index (χ1n) is 6.44. The molecule has 0 aliphatic carbocycles. The van der Waals surface area contributed by atoms with Gasteiger partial charge in [-0.15, -0.1) is 0 Å². The number of nitrogens with one attached hydrogen (secondary N) is 1. The van der Waals surface area contributed by atoms with E-state index in [9.17, 15) is 9.90 Å². The number of H-pyrrole nitrogens is 1. The van der Waals surface area contributed by atoms with Gasteiger partial charge in [-0.3, -0.25) is 9.69 Å².